The third-order valence-corrected chi connectivity index (χ3v) is 4.58. The summed E-state index contributed by atoms with van der Waals surface area (Å²) in [6, 6.07) is 10.5. The largest absolute Gasteiger partial charge is 0.315 e. The van der Waals surface area contributed by atoms with Crippen molar-refractivity contribution in [2.45, 2.75) is 33.1 Å². The Kier molecular flexibility index (Phi) is 5.90. The van der Waals surface area contributed by atoms with Gasteiger partial charge in [-0.15, -0.1) is 5.10 Å². The number of pyridine rings is 1. The predicted octanol–water partition coefficient (Wildman–Crippen LogP) is 2.70. The van der Waals surface area contributed by atoms with Gasteiger partial charge >= 0.3 is 0 Å². The highest BCUT2D eigenvalue weighted by atomic mass is 32.1. The highest BCUT2D eigenvalue weighted by Crippen LogP contribution is 2.17. The van der Waals surface area contributed by atoms with Gasteiger partial charge in [0, 0.05) is 30.1 Å². The molecule has 0 radical (unpaired) electrons. The summed E-state index contributed by atoms with van der Waals surface area (Å²) in [4.78, 5) is 5.29. The van der Waals surface area contributed by atoms with E-state index < -0.39 is 0 Å². The van der Waals surface area contributed by atoms with E-state index in [2.05, 4.69) is 23.5 Å². The van der Waals surface area contributed by atoms with E-state index >= 15 is 0 Å². The van der Waals surface area contributed by atoms with Crippen LogP contribution in [0, 0.1) is 10.6 Å². The highest BCUT2D eigenvalue weighted by Gasteiger charge is 2.15. The lowest BCUT2D eigenvalue weighted by atomic mass is 10.2. The molecular formula is C19H23FN5S+. The number of hydrogen-bond donors (Lipinski definition) is 1. The van der Waals surface area contributed by atoms with Crippen molar-refractivity contribution >= 4 is 12.2 Å². The molecule has 0 amide bonds. The highest BCUT2D eigenvalue weighted by molar-refractivity contribution is 7.71. The molecule has 0 bridgehead atoms. The van der Waals surface area contributed by atoms with Crippen LogP contribution >= 0.6 is 12.2 Å². The smallest absolute Gasteiger partial charge is 0.203 e. The van der Waals surface area contributed by atoms with E-state index in [1.165, 1.54) is 17.0 Å². The Labute approximate surface area is 157 Å². The molecule has 0 aliphatic rings. The standard InChI is InChI=1S/C19H22FN5S/c1-3-12-24-18(16-8-10-21-11-9-16)22-25(19(24)26)14-23(2)13-15-4-6-17(20)7-5-15/h4-11H,3,12-14H2,1-2H3/p+1. The van der Waals surface area contributed by atoms with Crippen LogP contribution in [0.25, 0.3) is 11.4 Å². The second-order valence-corrected chi connectivity index (χ2v) is 6.78. The average Bonchev–Trinajstić information content (AvgIpc) is 2.94. The lowest BCUT2D eigenvalue weighted by Gasteiger charge is -2.13. The molecule has 0 fully saturated rings. The van der Waals surface area contributed by atoms with Crippen LogP contribution in [0.1, 0.15) is 18.9 Å². The molecule has 3 rings (SSSR count). The van der Waals surface area contributed by atoms with Crippen LogP contribution in [0.2, 0.25) is 0 Å². The van der Waals surface area contributed by atoms with E-state index in [9.17, 15) is 4.39 Å². The molecule has 2 aromatic heterocycles. The summed E-state index contributed by atoms with van der Waals surface area (Å²) in [5.74, 6) is 0.655. The van der Waals surface area contributed by atoms with Crippen LogP contribution < -0.4 is 4.90 Å². The Balaban J connectivity index is 1.83. The molecule has 0 saturated carbocycles. The van der Waals surface area contributed by atoms with Gasteiger partial charge in [0.1, 0.15) is 12.4 Å². The van der Waals surface area contributed by atoms with E-state index in [4.69, 9.17) is 17.3 Å². The monoisotopic (exact) mass is 372 g/mol. The number of rotatable bonds is 7. The third-order valence-electron chi connectivity index (χ3n) is 4.15. The average molecular weight is 372 g/mol. The zero-order valence-electron chi connectivity index (χ0n) is 15.0. The maximum atomic E-state index is 13.1. The number of nitrogens with one attached hydrogen (secondary N) is 1. The molecule has 0 aliphatic carbocycles. The number of hydrogen-bond acceptors (Lipinski definition) is 3. The second kappa shape index (κ2) is 8.33. The fourth-order valence-electron chi connectivity index (χ4n) is 2.95. The molecule has 0 aliphatic heterocycles. The molecular weight excluding hydrogens is 349 g/mol. The molecule has 7 heteroatoms. The molecule has 0 saturated heterocycles. The fourth-order valence-corrected chi connectivity index (χ4v) is 3.23. The predicted molar refractivity (Wildman–Crippen MR) is 102 cm³/mol. The van der Waals surface area contributed by atoms with Crippen molar-refractivity contribution < 1.29 is 9.29 Å². The summed E-state index contributed by atoms with van der Waals surface area (Å²) in [6.07, 6.45) is 4.51. The van der Waals surface area contributed by atoms with Crippen LogP contribution in [-0.2, 0) is 19.8 Å². The molecule has 2 heterocycles. The van der Waals surface area contributed by atoms with Crippen molar-refractivity contribution in [2.24, 2.45) is 0 Å². The molecule has 1 aromatic carbocycles. The Hall–Kier alpha value is -2.38. The molecule has 1 unspecified atom stereocenters. The number of quaternary nitrogens is 1. The van der Waals surface area contributed by atoms with Crippen LogP contribution in [0.5, 0.6) is 0 Å². The molecule has 5 nitrogen and oxygen atoms in total. The van der Waals surface area contributed by atoms with Gasteiger partial charge in [0.2, 0.25) is 4.77 Å². The zero-order chi connectivity index (χ0) is 18.5. The normalized spacial score (nSPS) is 12.3. The summed E-state index contributed by atoms with van der Waals surface area (Å²) in [6.45, 7) is 4.37. The third kappa shape index (κ3) is 4.23. The molecule has 0 spiro atoms. The van der Waals surface area contributed by atoms with Gasteiger partial charge in [-0.25, -0.2) is 4.39 Å². The van der Waals surface area contributed by atoms with Crippen molar-refractivity contribution in [3.05, 3.63) is 64.9 Å². The second-order valence-electron chi connectivity index (χ2n) is 6.41. The number of benzene rings is 1. The van der Waals surface area contributed by atoms with Crippen LogP contribution in [0.3, 0.4) is 0 Å². The molecule has 1 atom stereocenters. The van der Waals surface area contributed by atoms with E-state index in [-0.39, 0.29) is 5.82 Å². The maximum Gasteiger partial charge on any atom is 0.203 e. The lowest BCUT2D eigenvalue weighted by Crippen LogP contribution is -3.07. The van der Waals surface area contributed by atoms with Gasteiger partial charge in [0.15, 0.2) is 12.5 Å². The topological polar surface area (TPSA) is 40.1 Å². The van der Waals surface area contributed by atoms with Gasteiger partial charge in [0.05, 0.1) is 7.05 Å². The van der Waals surface area contributed by atoms with Crippen molar-refractivity contribution in [1.82, 2.24) is 19.3 Å². The lowest BCUT2D eigenvalue weighted by molar-refractivity contribution is -0.917. The summed E-state index contributed by atoms with van der Waals surface area (Å²) >= 11 is 5.66. The van der Waals surface area contributed by atoms with Gasteiger partial charge in [0.25, 0.3) is 0 Å². The zero-order valence-corrected chi connectivity index (χ0v) is 15.8. The molecule has 3 aromatic rings. The first-order valence-corrected chi connectivity index (χ1v) is 9.13. The quantitative estimate of drug-likeness (QED) is 0.648. The van der Waals surface area contributed by atoms with E-state index in [1.54, 1.807) is 12.4 Å². The van der Waals surface area contributed by atoms with Crippen LogP contribution in [-0.4, -0.2) is 26.4 Å². The van der Waals surface area contributed by atoms with Gasteiger partial charge in [-0.3, -0.25) is 9.55 Å². The Morgan fingerprint density at radius 3 is 2.46 bits per heavy atom. The van der Waals surface area contributed by atoms with E-state index in [0.717, 1.165) is 41.2 Å². The number of aromatic nitrogens is 4. The van der Waals surface area contributed by atoms with Crippen molar-refractivity contribution in [2.75, 3.05) is 7.05 Å². The van der Waals surface area contributed by atoms with Crippen molar-refractivity contribution in [1.29, 1.82) is 0 Å². The molecule has 136 valence electrons. The minimum atomic E-state index is -0.214. The van der Waals surface area contributed by atoms with Crippen molar-refractivity contribution in [3.8, 4) is 11.4 Å². The molecule has 1 N–H and O–H groups in total. The minimum absolute atomic E-state index is 0.214. The van der Waals surface area contributed by atoms with E-state index in [0.29, 0.717) is 6.67 Å². The van der Waals surface area contributed by atoms with Crippen LogP contribution in [0.4, 0.5) is 4.39 Å². The Morgan fingerprint density at radius 2 is 1.81 bits per heavy atom. The van der Waals surface area contributed by atoms with Crippen LogP contribution in [0.15, 0.2) is 48.8 Å². The van der Waals surface area contributed by atoms with Gasteiger partial charge < -0.3 is 4.90 Å². The van der Waals surface area contributed by atoms with Gasteiger partial charge in [-0.1, -0.05) is 19.1 Å². The van der Waals surface area contributed by atoms with Crippen molar-refractivity contribution in [3.63, 3.8) is 0 Å². The minimum Gasteiger partial charge on any atom is -0.315 e. The van der Waals surface area contributed by atoms with Gasteiger partial charge in [-0.05, 0) is 42.9 Å². The number of nitrogens with zero attached hydrogens (tertiary/aromatic N) is 4. The first kappa shape index (κ1) is 18.4. The maximum absolute atomic E-state index is 13.1. The number of halogens is 1. The Bertz CT molecular complexity index is 902. The molecule has 26 heavy (non-hydrogen) atoms. The summed E-state index contributed by atoms with van der Waals surface area (Å²) < 4.78 is 17.7. The first-order valence-electron chi connectivity index (χ1n) is 8.72. The SMILES string of the molecule is CCCn1c(-c2ccncc2)nn(C[NH+](C)Cc2ccc(F)cc2)c1=S. The van der Waals surface area contributed by atoms with E-state index in [1.807, 2.05) is 28.9 Å². The summed E-state index contributed by atoms with van der Waals surface area (Å²) in [5, 5.41) is 4.76. The summed E-state index contributed by atoms with van der Waals surface area (Å²) in [7, 11) is 2.08. The fraction of sp³-hybridized carbons (Fsp3) is 0.316. The Morgan fingerprint density at radius 1 is 1.12 bits per heavy atom. The summed E-state index contributed by atoms with van der Waals surface area (Å²) in [5.41, 5.74) is 2.09. The first-order chi connectivity index (χ1) is 12.6. The van der Waals surface area contributed by atoms with Gasteiger partial charge in [-0.2, -0.15) is 4.68 Å².